The van der Waals surface area contributed by atoms with E-state index < -0.39 is 55.8 Å². The number of aliphatic hydroxyl groups excluding tert-OH is 12. The molecule has 0 fully saturated rings. The van der Waals surface area contributed by atoms with Crippen LogP contribution in [0.4, 0.5) is 0 Å². The molecule has 24 heteroatoms. The zero-order valence-electron chi connectivity index (χ0n) is 41.4. The Bertz CT molecular complexity index is 3100. The number of nitrogens with zero attached hydrogens (tertiary/aromatic N) is 8. The van der Waals surface area contributed by atoms with Gasteiger partial charge < -0.3 is 81.7 Å². The molecule has 0 unspecified atom stereocenters. The Morgan fingerprint density at radius 1 is 0.329 bits per heavy atom. The van der Waals surface area contributed by atoms with E-state index in [-0.39, 0.29) is 119 Å². The van der Waals surface area contributed by atoms with Gasteiger partial charge in [-0.15, -0.1) is 0 Å². The van der Waals surface area contributed by atoms with E-state index in [1.807, 2.05) is 6.07 Å². The van der Waals surface area contributed by atoms with Crippen molar-refractivity contribution in [1.82, 2.24) is 19.9 Å². The number of aromatic nitrogens is 8. The molecule has 8 aromatic rings. The van der Waals surface area contributed by atoms with E-state index in [9.17, 15) is 61.3 Å². The summed E-state index contributed by atoms with van der Waals surface area (Å²) in [4.78, 5) is 16.8. The van der Waals surface area contributed by atoms with Crippen molar-refractivity contribution in [3.05, 3.63) is 143 Å². The van der Waals surface area contributed by atoms with E-state index >= 15 is 0 Å². The molecule has 12 N–H and O–H groups in total. The van der Waals surface area contributed by atoms with Gasteiger partial charge in [0.25, 0.3) is 0 Å². The molecule has 8 aromatic heterocycles. The van der Waals surface area contributed by atoms with Crippen LogP contribution in [-0.2, 0) is 25.7 Å². The SMILES string of the molecule is [O-]c1c(C(CO)CO)nc2cccc[n+]2c1C(CO)CO.[O-]c1c(C(CO)CO)nc2cccc[n+]2c1CCO.[O-]c1c(CCO)nc2cccc[n+]2c1C(CO)CO.[O-]c1c(CCO)nc2cccc[n+]2c1CCO. The van der Waals surface area contributed by atoms with E-state index in [1.165, 1.54) is 4.40 Å². The van der Waals surface area contributed by atoms with Gasteiger partial charge in [0.05, 0.1) is 128 Å². The predicted molar refractivity (Wildman–Crippen MR) is 258 cm³/mol. The molecule has 0 spiro atoms. The largest absolute Gasteiger partial charge is 0.867 e. The molecule has 0 aliphatic heterocycles. The van der Waals surface area contributed by atoms with E-state index in [2.05, 4.69) is 19.9 Å². The Labute approximate surface area is 435 Å². The van der Waals surface area contributed by atoms with Crippen molar-refractivity contribution in [2.24, 2.45) is 0 Å². The van der Waals surface area contributed by atoms with Crippen LogP contribution >= 0.6 is 0 Å². The third kappa shape index (κ3) is 13.9. The normalized spacial score (nSPS) is 11.4. The lowest BCUT2D eigenvalue weighted by Gasteiger charge is -2.21. The fraction of sp³-hybridized carbons (Fsp3) is 0.385. The fourth-order valence-corrected chi connectivity index (χ4v) is 8.19. The summed E-state index contributed by atoms with van der Waals surface area (Å²) in [6.45, 7) is -3.49. The summed E-state index contributed by atoms with van der Waals surface area (Å²) in [5.74, 6) is -4.28. The topological polar surface area (TPSA) is 403 Å². The number of fused-ring (bicyclic) bond motifs is 4. The maximum absolute atomic E-state index is 12.6. The molecule has 8 heterocycles. The summed E-state index contributed by atoms with van der Waals surface area (Å²) in [5.41, 5.74) is 4.34. The average Bonchev–Trinajstić information content (AvgIpc) is 3.45. The van der Waals surface area contributed by atoms with Crippen LogP contribution in [0.1, 0.15) is 69.2 Å². The van der Waals surface area contributed by atoms with Crippen molar-refractivity contribution in [1.29, 1.82) is 0 Å². The second-order valence-electron chi connectivity index (χ2n) is 16.9. The quantitative estimate of drug-likeness (QED) is 0.0316. The minimum atomic E-state index is -0.792. The molecule has 0 aliphatic rings. The van der Waals surface area contributed by atoms with Crippen molar-refractivity contribution in [3.8, 4) is 23.0 Å². The van der Waals surface area contributed by atoms with Gasteiger partial charge in [0.15, 0.2) is 22.8 Å². The first-order valence-electron chi connectivity index (χ1n) is 24.2. The molecule has 0 bridgehead atoms. The number of aliphatic hydroxyl groups is 12. The van der Waals surface area contributed by atoms with Gasteiger partial charge in [-0.1, -0.05) is 24.3 Å². The second-order valence-corrected chi connectivity index (χ2v) is 16.9. The Hall–Kier alpha value is -7.04. The first-order chi connectivity index (χ1) is 36.9. The van der Waals surface area contributed by atoms with Gasteiger partial charge in [0, 0.05) is 49.9 Å². The van der Waals surface area contributed by atoms with Gasteiger partial charge >= 0.3 is 22.6 Å². The van der Waals surface area contributed by atoms with Gasteiger partial charge in [-0.25, -0.2) is 17.6 Å². The molecule has 408 valence electrons. The van der Waals surface area contributed by atoms with E-state index in [0.29, 0.717) is 45.4 Å². The van der Waals surface area contributed by atoms with Crippen LogP contribution in [0.25, 0.3) is 22.6 Å². The fourth-order valence-electron chi connectivity index (χ4n) is 8.19. The second kappa shape index (κ2) is 29.9. The average molecular weight is 1060 g/mol. The number of hydrogen-bond donors (Lipinski definition) is 12. The molecule has 0 atom stereocenters. The molecule has 0 saturated carbocycles. The predicted octanol–water partition coefficient (Wildman–Crippen LogP) is -6.01. The standard InChI is InChI=1S/C14H18N2O5.2C13H16N2O4.C12H14N2O3/c17-5-9(6-18)12-14(21)13(10(7-19)8-20)16-4-2-1-3-11(16)15-12;16-6-4-10-13(19)12(9(7-17)8-18)14-11-3-1-2-5-15(10)11;16-6-4-10-13(19)12(9(7-17)8-18)15-5-2-1-3-11(15)14-10;15-7-4-9-12(17)10(5-8-16)14-6-2-1-3-11(14)13-9/h1-4,9-10,17-20H,5-8H2;2*1-3,5,9,16-18H,4,6-8H2;1-3,6,15-16H,4-5,7-8H2. The first-order valence-corrected chi connectivity index (χ1v) is 24.2. The molecule has 0 radical (unpaired) electrons. The molecule has 0 aromatic carbocycles. The molecule has 0 amide bonds. The summed E-state index contributed by atoms with van der Waals surface area (Å²) in [6, 6.07) is 21.1. The number of rotatable bonds is 20. The minimum Gasteiger partial charge on any atom is -0.867 e. The van der Waals surface area contributed by atoms with Crippen LogP contribution in [0.3, 0.4) is 0 Å². The summed E-state index contributed by atoms with van der Waals surface area (Å²) in [5, 5.41) is 160. The van der Waals surface area contributed by atoms with E-state index in [1.54, 1.807) is 105 Å². The zero-order chi connectivity index (χ0) is 55.3. The van der Waals surface area contributed by atoms with Gasteiger partial charge in [0.2, 0.25) is 0 Å². The lowest BCUT2D eigenvalue weighted by Crippen LogP contribution is -2.36. The molecule has 0 aliphatic carbocycles. The zero-order valence-corrected chi connectivity index (χ0v) is 41.4. The van der Waals surface area contributed by atoms with Crippen molar-refractivity contribution < 1.29 is 99.3 Å². The van der Waals surface area contributed by atoms with Crippen molar-refractivity contribution in [2.45, 2.75) is 49.4 Å². The highest BCUT2D eigenvalue weighted by Crippen LogP contribution is 2.29. The number of hydrogen-bond acceptors (Lipinski definition) is 20. The summed E-state index contributed by atoms with van der Waals surface area (Å²) < 4.78 is 6.38. The Kier molecular flexibility index (Phi) is 23.5. The van der Waals surface area contributed by atoms with Crippen LogP contribution in [0, 0.1) is 0 Å². The van der Waals surface area contributed by atoms with Crippen LogP contribution in [0.5, 0.6) is 23.0 Å². The summed E-state index contributed by atoms with van der Waals surface area (Å²) in [7, 11) is 0. The highest BCUT2D eigenvalue weighted by atomic mass is 16.3. The lowest BCUT2D eigenvalue weighted by atomic mass is 10.00. The van der Waals surface area contributed by atoms with Gasteiger partial charge in [-0.05, 0) is 67.2 Å². The van der Waals surface area contributed by atoms with Gasteiger partial charge in [-0.2, -0.15) is 0 Å². The van der Waals surface area contributed by atoms with Gasteiger partial charge in [0.1, 0.15) is 22.8 Å². The van der Waals surface area contributed by atoms with Crippen LogP contribution in [0.15, 0.2) is 97.6 Å². The highest BCUT2D eigenvalue weighted by molar-refractivity contribution is 5.42. The highest BCUT2D eigenvalue weighted by Gasteiger charge is 2.28. The monoisotopic (exact) mass is 1060 g/mol. The molecule has 76 heavy (non-hydrogen) atoms. The molecule has 8 rings (SSSR count). The molecular formula is C52H64N8O16. The van der Waals surface area contributed by atoms with E-state index in [0.717, 1.165) is 0 Å². The summed E-state index contributed by atoms with van der Waals surface area (Å²) in [6.07, 6.45) is 7.61. The third-order valence-corrected chi connectivity index (χ3v) is 12.1. The van der Waals surface area contributed by atoms with Crippen molar-refractivity contribution >= 4 is 22.6 Å². The Morgan fingerprint density at radius 2 is 0.632 bits per heavy atom. The molecule has 24 nitrogen and oxygen atoms in total. The number of pyridine rings is 4. The Balaban J connectivity index is 0.000000188. The van der Waals surface area contributed by atoms with E-state index in [4.69, 9.17) is 20.4 Å². The Morgan fingerprint density at radius 3 is 1.01 bits per heavy atom. The lowest BCUT2D eigenvalue weighted by molar-refractivity contribution is -0.533. The van der Waals surface area contributed by atoms with Crippen molar-refractivity contribution in [2.75, 3.05) is 79.3 Å². The maximum atomic E-state index is 12.6. The summed E-state index contributed by atoms with van der Waals surface area (Å²) >= 11 is 0. The van der Waals surface area contributed by atoms with Gasteiger partial charge in [-0.3, -0.25) is 0 Å². The molecular weight excluding hydrogens is 993 g/mol. The first kappa shape index (κ1) is 59.8. The smallest absolute Gasteiger partial charge is 0.328 e. The van der Waals surface area contributed by atoms with Crippen LogP contribution < -0.4 is 38.0 Å². The van der Waals surface area contributed by atoms with Crippen LogP contribution in [0.2, 0.25) is 0 Å². The van der Waals surface area contributed by atoms with Crippen molar-refractivity contribution in [3.63, 3.8) is 0 Å². The third-order valence-electron chi connectivity index (χ3n) is 12.1. The minimum absolute atomic E-state index is 0.0353. The van der Waals surface area contributed by atoms with Crippen LogP contribution in [-0.4, -0.2) is 160 Å². The maximum Gasteiger partial charge on any atom is 0.328 e. The molecule has 0 saturated heterocycles.